The van der Waals surface area contributed by atoms with E-state index < -0.39 is 64.7 Å². The van der Waals surface area contributed by atoms with Crippen molar-refractivity contribution in [1.82, 2.24) is 20.9 Å². The van der Waals surface area contributed by atoms with E-state index in [1.807, 2.05) is 11.4 Å². The Hall–Kier alpha value is -3.28. The Balaban J connectivity index is 2.08. The molecule has 3 rings (SSSR count). The Morgan fingerprint density at radius 2 is 1.85 bits per heavy atom. The van der Waals surface area contributed by atoms with Gasteiger partial charge in [-0.15, -0.1) is 12.3 Å². The molecule has 0 aromatic rings. The summed E-state index contributed by atoms with van der Waals surface area (Å²) >= 11 is 0. The molecule has 0 bridgehead atoms. The molecule has 0 aromatic carbocycles. The second-order valence-electron chi connectivity index (χ2n) is 12.1. The second-order valence-corrected chi connectivity index (χ2v) is 12.1. The van der Waals surface area contributed by atoms with Gasteiger partial charge in [-0.2, -0.15) is 18.4 Å². The standard InChI is InChI=1S/C27H36F3N5O4/c1-6-25(2,3)18-9-11-35-19(18)22(37)33-16(13-31)12-17-15(14-32-21(17)36)8-7-10-26(4,5)20(23(35)38)34-24(39)27(28,29)30/h1,15-20H,7-12,14H2,2-5H3,(H,32,36)(H,33,37)(H,34,39)/t15?,16-,17?,18-,19-,20+/m0/s1. The van der Waals surface area contributed by atoms with E-state index in [0.29, 0.717) is 25.8 Å². The minimum atomic E-state index is -5.21. The van der Waals surface area contributed by atoms with Crippen molar-refractivity contribution in [3.05, 3.63) is 0 Å². The smallest absolute Gasteiger partial charge is 0.356 e. The summed E-state index contributed by atoms with van der Waals surface area (Å²) in [5, 5.41) is 17.2. The summed E-state index contributed by atoms with van der Waals surface area (Å²) in [6, 6.07) is -1.76. The number of nitriles is 1. The van der Waals surface area contributed by atoms with Crippen molar-refractivity contribution in [3.8, 4) is 18.4 Å². The van der Waals surface area contributed by atoms with Crippen LogP contribution in [0.5, 0.6) is 0 Å². The molecule has 0 aliphatic carbocycles. The predicted octanol–water partition coefficient (Wildman–Crippen LogP) is 1.88. The van der Waals surface area contributed by atoms with Gasteiger partial charge in [0.2, 0.25) is 17.7 Å². The number of carbonyl (C=O) groups is 4. The zero-order chi connectivity index (χ0) is 29.3. The van der Waals surface area contributed by atoms with Crippen molar-refractivity contribution in [2.45, 2.75) is 84.1 Å². The number of nitrogens with zero attached hydrogens (tertiary/aromatic N) is 2. The molecule has 0 radical (unpaired) electrons. The first-order chi connectivity index (χ1) is 18.0. The average Bonchev–Trinajstić information content (AvgIpc) is 3.45. The molecule has 9 nitrogen and oxygen atoms in total. The second kappa shape index (κ2) is 11.1. The molecule has 6 atom stereocenters. The molecule has 0 spiro atoms. The van der Waals surface area contributed by atoms with Crippen LogP contribution in [0.1, 0.15) is 59.8 Å². The van der Waals surface area contributed by atoms with E-state index in [4.69, 9.17) is 6.42 Å². The first kappa shape index (κ1) is 30.3. The number of hydrogen-bond donors (Lipinski definition) is 3. The van der Waals surface area contributed by atoms with Crippen LogP contribution in [0.25, 0.3) is 0 Å². The maximum absolute atomic E-state index is 14.0. The monoisotopic (exact) mass is 551 g/mol. The molecular weight excluding hydrogens is 515 g/mol. The van der Waals surface area contributed by atoms with Gasteiger partial charge in [0.15, 0.2) is 0 Å². The lowest BCUT2D eigenvalue weighted by Crippen LogP contribution is -2.61. The maximum atomic E-state index is 14.0. The molecule has 3 saturated heterocycles. The number of terminal acetylenes is 1. The fourth-order valence-corrected chi connectivity index (χ4v) is 6.14. The number of alkyl halides is 3. The highest BCUT2D eigenvalue weighted by atomic mass is 19.4. The molecule has 39 heavy (non-hydrogen) atoms. The van der Waals surface area contributed by atoms with E-state index in [1.54, 1.807) is 27.7 Å². The number of hydrogen-bond acceptors (Lipinski definition) is 5. The number of carbonyl (C=O) groups excluding carboxylic acids is 4. The van der Waals surface area contributed by atoms with Crippen molar-refractivity contribution < 1.29 is 32.3 Å². The highest BCUT2D eigenvalue weighted by Crippen LogP contribution is 2.41. The van der Waals surface area contributed by atoms with Crippen LogP contribution >= 0.6 is 0 Å². The lowest BCUT2D eigenvalue weighted by molar-refractivity contribution is -0.176. The highest BCUT2D eigenvalue weighted by Gasteiger charge is 2.53. The minimum absolute atomic E-state index is 0.0332. The van der Waals surface area contributed by atoms with Crippen LogP contribution in [-0.2, 0) is 19.2 Å². The summed E-state index contributed by atoms with van der Waals surface area (Å²) in [4.78, 5) is 53.4. The quantitative estimate of drug-likeness (QED) is 0.451. The zero-order valence-electron chi connectivity index (χ0n) is 22.7. The third-order valence-electron chi connectivity index (χ3n) is 8.61. The van der Waals surface area contributed by atoms with Crippen molar-refractivity contribution in [1.29, 1.82) is 5.26 Å². The van der Waals surface area contributed by atoms with Gasteiger partial charge in [0.25, 0.3) is 0 Å². The van der Waals surface area contributed by atoms with Crippen molar-refractivity contribution in [2.75, 3.05) is 13.1 Å². The third-order valence-corrected chi connectivity index (χ3v) is 8.61. The Morgan fingerprint density at radius 1 is 1.18 bits per heavy atom. The molecule has 3 N–H and O–H groups in total. The molecule has 4 amide bonds. The summed E-state index contributed by atoms with van der Waals surface area (Å²) < 4.78 is 39.9. The largest absolute Gasteiger partial charge is 0.471 e. The first-order valence-corrected chi connectivity index (χ1v) is 13.2. The van der Waals surface area contributed by atoms with Crippen LogP contribution in [0.3, 0.4) is 0 Å². The van der Waals surface area contributed by atoms with Gasteiger partial charge in [-0.05, 0) is 50.9 Å². The topological polar surface area (TPSA) is 131 Å². The lowest BCUT2D eigenvalue weighted by atomic mass is 9.74. The fraction of sp³-hybridized carbons (Fsp3) is 0.741. The Kier molecular flexibility index (Phi) is 8.59. The Labute approximate surface area is 226 Å². The molecule has 12 heteroatoms. The molecule has 0 aromatic heterocycles. The van der Waals surface area contributed by atoms with Crippen LogP contribution in [0.15, 0.2) is 0 Å². The summed E-state index contributed by atoms with van der Waals surface area (Å²) in [5.41, 5.74) is -2.00. The van der Waals surface area contributed by atoms with Crippen LogP contribution in [0, 0.1) is 52.3 Å². The van der Waals surface area contributed by atoms with E-state index in [-0.39, 0.29) is 31.2 Å². The Morgan fingerprint density at radius 3 is 2.44 bits per heavy atom. The number of nitrogens with one attached hydrogen (secondary N) is 3. The number of rotatable bonds is 2. The van der Waals surface area contributed by atoms with Gasteiger partial charge >= 0.3 is 12.1 Å². The van der Waals surface area contributed by atoms with Crippen molar-refractivity contribution >= 4 is 23.6 Å². The molecular formula is C27H36F3N5O4. The normalized spacial score (nSPS) is 32.0. The van der Waals surface area contributed by atoms with Crippen molar-refractivity contribution in [2.24, 2.45) is 28.6 Å². The zero-order valence-corrected chi connectivity index (χ0v) is 22.7. The Bertz CT molecular complexity index is 1090. The van der Waals surface area contributed by atoms with Gasteiger partial charge in [0, 0.05) is 30.3 Å². The number of amides is 4. The molecule has 214 valence electrons. The molecule has 3 fully saturated rings. The predicted molar refractivity (Wildman–Crippen MR) is 134 cm³/mol. The van der Waals surface area contributed by atoms with Crippen LogP contribution < -0.4 is 16.0 Å². The van der Waals surface area contributed by atoms with Crippen LogP contribution in [0.2, 0.25) is 0 Å². The van der Waals surface area contributed by atoms with E-state index in [1.165, 1.54) is 4.90 Å². The van der Waals surface area contributed by atoms with Gasteiger partial charge in [-0.25, -0.2) is 0 Å². The van der Waals surface area contributed by atoms with E-state index in [2.05, 4.69) is 16.6 Å². The van der Waals surface area contributed by atoms with Crippen LogP contribution in [0.4, 0.5) is 13.2 Å². The van der Waals surface area contributed by atoms with E-state index in [9.17, 15) is 37.6 Å². The first-order valence-electron chi connectivity index (χ1n) is 13.2. The third kappa shape index (κ3) is 6.32. The van der Waals surface area contributed by atoms with E-state index in [0.717, 1.165) is 0 Å². The van der Waals surface area contributed by atoms with E-state index >= 15 is 0 Å². The fourth-order valence-electron chi connectivity index (χ4n) is 6.14. The van der Waals surface area contributed by atoms with Gasteiger partial charge in [0.1, 0.15) is 18.1 Å². The molecule has 3 heterocycles. The van der Waals surface area contributed by atoms with Gasteiger partial charge in [-0.3, -0.25) is 19.2 Å². The summed E-state index contributed by atoms with van der Waals surface area (Å²) in [6.45, 7) is 7.07. The minimum Gasteiger partial charge on any atom is -0.356 e. The average molecular weight is 552 g/mol. The SMILES string of the molecule is C#CC(C)(C)[C@H]1CCN2C(=O)[C@@H](NC(=O)C(F)(F)F)C(C)(C)CCCC3CNC(=O)C3C[C@@H](C#N)NC(=O)[C@H]12. The molecule has 3 aliphatic heterocycles. The molecule has 0 saturated carbocycles. The maximum Gasteiger partial charge on any atom is 0.471 e. The lowest BCUT2D eigenvalue weighted by Gasteiger charge is -2.40. The van der Waals surface area contributed by atoms with Gasteiger partial charge in [-0.1, -0.05) is 20.3 Å². The van der Waals surface area contributed by atoms with Crippen molar-refractivity contribution in [3.63, 3.8) is 0 Å². The van der Waals surface area contributed by atoms with Gasteiger partial charge < -0.3 is 20.9 Å². The summed E-state index contributed by atoms with van der Waals surface area (Å²) in [6.07, 6.45) is 2.17. The molecule has 3 aliphatic rings. The molecule has 2 unspecified atom stereocenters. The number of halogens is 3. The highest BCUT2D eigenvalue weighted by molar-refractivity contribution is 5.94. The summed E-state index contributed by atoms with van der Waals surface area (Å²) in [5.74, 6) is -2.56. The number of fused-ring (bicyclic) bond motifs is 2. The summed E-state index contributed by atoms with van der Waals surface area (Å²) in [7, 11) is 0. The van der Waals surface area contributed by atoms with Crippen LogP contribution in [-0.4, -0.2) is 65.9 Å². The van der Waals surface area contributed by atoms with Gasteiger partial charge in [0.05, 0.1) is 6.07 Å².